The third-order valence-electron chi connectivity index (χ3n) is 4.42. The van der Waals surface area contributed by atoms with Crippen LogP contribution < -0.4 is 0 Å². The lowest BCUT2D eigenvalue weighted by Gasteiger charge is -2.33. The molecular formula is C18H19FN4OS. The summed E-state index contributed by atoms with van der Waals surface area (Å²) in [6.07, 6.45) is 0. The summed E-state index contributed by atoms with van der Waals surface area (Å²) in [6.45, 7) is 4.93. The number of benzene rings is 1. The minimum absolute atomic E-state index is 0.128. The zero-order chi connectivity index (χ0) is 17.1. The average molecular weight is 358 g/mol. The van der Waals surface area contributed by atoms with Gasteiger partial charge >= 0.3 is 0 Å². The SMILES string of the molecule is Fc1ccccc1CN1CCN(Cc2nc(-c3ccsc3)no2)CC1. The number of rotatable bonds is 5. The monoisotopic (exact) mass is 358 g/mol. The van der Waals surface area contributed by atoms with Crippen LogP contribution in [0.1, 0.15) is 11.5 Å². The van der Waals surface area contributed by atoms with Gasteiger partial charge in [0.15, 0.2) is 0 Å². The quantitative estimate of drug-likeness (QED) is 0.701. The van der Waals surface area contributed by atoms with Gasteiger partial charge in [-0.2, -0.15) is 16.3 Å². The molecule has 0 N–H and O–H groups in total. The van der Waals surface area contributed by atoms with Crippen molar-refractivity contribution in [3.8, 4) is 11.4 Å². The van der Waals surface area contributed by atoms with Crippen molar-refractivity contribution in [3.05, 3.63) is 58.4 Å². The summed E-state index contributed by atoms with van der Waals surface area (Å²) in [5, 5.41) is 8.06. The largest absolute Gasteiger partial charge is 0.338 e. The van der Waals surface area contributed by atoms with Crippen LogP contribution in [0.5, 0.6) is 0 Å². The Morgan fingerprint density at radius 1 is 1.04 bits per heavy atom. The lowest BCUT2D eigenvalue weighted by molar-refractivity contribution is 0.111. The second kappa shape index (κ2) is 7.43. The van der Waals surface area contributed by atoms with Gasteiger partial charge in [0.1, 0.15) is 5.82 Å². The molecule has 0 unspecified atom stereocenters. The van der Waals surface area contributed by atoms with E-state index in [9.17, 15) is 4.39 Å². The summed E-state index contributed by atoms with van der Waals surface area (Å²) in [4.78, 5) is 9.04. The number of hydrogen-bond acceptors (Lipinski definition) is 6. The molecular weight excluding hydrogens is 339 g/mol. The smallest absolute Gasteiger partial charge is 0.241 e. The van der Waals surface area contributed by atoms with Crippen molar-refractivity contribution in [2.45, 2.75) is 13.1 Å². The Morgan fingerprint density at radius 3 is 2.52 bits per heavy atom. The molecule has 3 heterocycles. The van der Waals surface area contributed by atoms with Gasteiger partial charge in [0.25, 0.3) is 0 Å². The summed E-state index contributed by atoms with van der Waals surface area (Å²) in [6, 6.07) is 8.97. The first-order valence-electron chi connectivity index (χ1n) is 8.31. The van der Waals surface area contributed by atoms with Gasteiger partial charge in [-0.15, -0.1) is 0 Å². The topological polar surface area (TPSA) is 45.4 Å². The van der Waals surface area contributed by atoms with Gasteiger partial charge in [-0.3, -0.25) is 9.80 Å². The standard InChI is InChI=1S/C18H19FN4OS/c19-16-4-2-1-3-14(16)11-22-6-8-23(9-7-22)12-17-20-18(21-24-17)15-5-10-25-13-15/h1-5,10,13H,6-9,11-12H2. The Balaban J connectivity index is 1.30. The molecule has 0 saturated carbocycles. The molecule has 1 aromatic carbocycles. The van der Waals surface area contributed by atoms with Gasteiger partial charge in [-0.1, -0.05) is 23.4 Å². The molecule has 1 fully saturated rings. The second-order valence-electron chi connectivity index (χ2n) is 6.17. The Labute approximate surface area is 149 Å². The zero-order valence-corrected chi connectivity index (χ0v) is 14.6. The van der Waals surface area contributed by atoms with Crippen molar-refractivity contribution >= 4 is 11.3 Å². The summed E-state index contributed by atoms with van der Waals surface area (Å²) in [5.74, 6) is 1.16. The Hall–Kier alpha value is -2.09. The zero-order valence-electron chi connectivity index (χ0n) is 13.8. The van der Waals surface area contributed by atoms with E-state index in [1.807, 2.05) is 29.0 Å². The van der Waals surface area contributed by atoms with Crippen molar-refractivity contribution in [2.75, 3.05) is 26.2 Å². The van der Waals surface area contributed by atoms with Crippen LogP contribution in [0.4, 0.5) is 4.39 Å². The van der Waals surface area contributed by atoms with E-state index in [1.165, 1.54) is 6.07 Å². The molecule has 130 valence electrons. The first-order valence-corrected chi connectivity index (χ1v) is 9.25. The fourth-order valence-corrected chi connectivity index (χ4v) is 3.63. The summed E-state index contributed by atoms with van der Waals surface area (Å²) < 4.78 is 19.1. The Bertz CT molecular complexity index is 812. The summed E-state index contributed by atoms with van der Waals surface area (Å²) in [7, 11) is 0. The molecule has 1 aliphatic rings. The van der Waals surface area contributed by atoms with Gasteiger partial charge in [0.05, 0.1) is 6.54 Å². The molecule has 1 saturated heterocycles. The molecule has 7 heteroatoms. The maximum Gasteiger partial charge on any atom is 0.241 e. The van der Waals surface area contributed by atoms with Crippen molar-refractivity contribution in [2.24, 2.45) is 0 Å². The van der Waals surface area contributed by atoms with Crippen LogP contribution in [0.15, 0.2) is 45.6 Å². The molecule has 0 aliphatic carbocycles. The highest BCUT2D eigenvalue weighted by molar-refractivity contribution is 7.08. The summed E-state index contributed by atoms with van der Waals surface area (Å²) >= 11 is 1.62. The molecule has 4 rings (SSSR count). The highest BCUT2D eigenvalue weighted by atomic mass is 32.1. The molecule has 5 nitrogen and oxygen atoms in total. The van der Waals surface area contributed by atoms with Crippen molar-refractivity contribution in [1.29, 1.82) is 0 Å². The van der Waals surface area contributed by atoms with Crippen molar-refractivity contribution in [1.82, 2.24) is 19.9 Å². The number of nitrogens with zero attached hydrogens (tertiary/aromatic N) is 4. The highest BCUT2D eigenvalue weighted by Gasteiger charge is 2.20. The molecule has 0 atom stereocenters. The molecule has 0 spiro atoms. The molecule has 2 aromatic heterocycles. The number of piperazine rings is 1. The molecule has 0 amide bonds. The second-order valence-corrected chi connectivity index (χ2v) is 6.95. The normalized spacial score (nSPS) is 16.4. The van der Waals surface area contributed by atoms with E-state index in [2.05, 4.69) is 19.9 Å². The van der Waals surface area contributed by atoms with Crippen LogP contribution in [-0.4, -0.2) is 46.1 Å². The van der Waals surface area contributed by atoms with E-state index in [1.54, 1.807) is 17.4 Å². The first-order chi connectivity index (χ1) is 12.3. The number of halogens is 1. The minimum atomic E-state index is -0.128. The van der Waals surface area contributed by atoms with E-state index in [-0.39, 0.29) is 5.82 Å². The Morgan fingerprint density at radius 2 is 1.80 bits per heavy atom. The molecule has 0 bridgehead atoms. The van der Waals surface area contributed by atoms with Crippen LogP contribution in [0.2, 0.25) is 0 Å². The lowest BCUT2D eigenvalue weighted by atomic mass is 10.2. The van der Waals surface area contributed by atoms with Gasteiger partial charge in [-0.25, -0.2) is 4.39 Å². The van der Waals surface area contributed by atoms with Gasteiger partial charge in [-0.05, 0) is 17.5 Å². The number of aromatic nitrogens is 2. The maximum atomic E-state index is 13.8. The van der Waals surface area contributed by atoms with Gasteiger partial charge < -0.3 is 4.52 Å². The third-order valence-corrected chi connectivity index (χ3v) is 5.11. The van der Waals surface area contributed by atoms with Gasteiger partial charge in [0.2, 0.25) is 11.7 Å². The van der Waals surface area contributed by atoms with Crippen LogP contribution in [0.3, 0.4) is 0 Å². The molecule has 25 heavy (non-hydrogen) atoms. The molecule has 0 radical (unpaired) electrons. The van der Waals surface area contributed by atoms with Crippen LogP contribution in [0.25, 0.3) is 11.4 Å². The highest BCUT2D eigenvalue weighted by Crippen LogP contribution is 2.19. The van der Waals surface area contributed by atoms with E-state index in [4.69, 9.17) is 4.52 Å². The van der Waals surface area contributed by atoms with E-state index < -0.39 is 0 Å². The number of hydrogen-bond donors (Lipinski definition) is 0. The Kier molecular flexibility index (Phi) is 4.87. The minimum Gasteiger partial charge on any atom is -0.338 e. The first kappa shape index (κ1) is 16.4. The van der Waals surface area contributed by atoms with Crippen molar-refractivity contribution in [3.63, 3.8) is 0 Å². The third kappa shape index (κ3) is 3.95. The fraction of sp³-hybridized carbons (Fsp3) is 0.333. The van der Waals surface area contributed by atoms with Crippen LogP contribution in [-0.2, 0) is 13.1 Å². The predicted molar refractivity (Wildman–Crippen MR) is 94.6 cm³/mol. The average Bonchev–Trinajstić information content (AvgIpc) is 3.30. The summed E-state index contributed by atoms with van der Waals surface area (Å²) in [5.41, 5.74) is 1.75. The van der Waals surface area contributed by atoms with Crippen molar-refractivity contribution < 1.29 is 8.91 Å². The molecule has 1 aliphatic heterocycles. The molecule has 3 aromatic rings. The van der Waals surface area contributed by atoms with E-state index in [0.29, 0.717) is 24.8 Å². The van der Waals surface area contributed by atoms with Gasteiger partial charge in [0, 0.05) is 49.2 Å². The van der Waals surface area contributed by atoms with Crippen LogP contribution in [0, 0.1) is 5.82 Å². The van der Waals surface area contributed by atoms with Crippen LogP contribution >= 0.6 is 11.3 Å². The van der Waals surface area contributed by atoms with E-state index >= 15 is 0 Å². The maximum absolute atomic E-state index is 13.8. The lowest BCUT2D eigenvalue weighted by Crippen LogP contribution is -2.45. The van der Waals surface area contributed by atoms with E-state index in [0.717, 1.165) is 37.3 Å². The number of thiophene rings is 1. The fourth-order valence-electron chi connectivity index (χ4n) is 2.99. The predicted octanol–water partition coefficient (Wildman–Crippen LogP) is 3.26.